The van der Waals surface area contributed by atoms with E-state index in [1.807, 2.05) is 0 Å². The van der Waals surface area contributed by atoms with Crippen molar-refractivity contribution in [2.75, 3.05) is 59.5 Å². The van der Waals surface area contributed by atoms with Gasteiger partial charge in [-0.15, -0.1) is 0 Å². The number of carbonyl (C=O) groups excluding carboxylic acids is 12. The summed E-state index contributed by atoms with van der Waals surface area (Å²) in [5.74, 6) is -39.9. The summed E-state index contributed by atoms with van der Waals surface area (Å²) in [5.41, 5.74) is -0.860. The van der Waals surface area contributed by atoms with Crippen LogP contribution >= 0.6 is 0 Å². The molecule has 24 atom stereocenters. The molecule has 2 aromatic rings. The highest BCUT2D eigenvalue weighted by atomic mass is 19.4. The number of fused-ring (bicyclic) bond motifs is 4. The number of benzene rings is 2. The summed E-state index contributed by atoms with van der Waals surface area (Å²) < 4.78 is 330. The van der Waals surface area contributed by atoms with Gasteiger partial charge in [-0.25, -0.2) is 22.0 Å². The van der Waals surface area contributed by atoms with Gasteiger partial charge in [0.05, 0.1) is 59.5 Å². The molecule has 28 nitrogen and oxygen atoms in total. The highest BCUT2D eigenvalue weighted by molar-refractivity contribution is 5.90. The molecule has 8 saturated carbocycles. The fraction of sp³-hybridized carbons (Fsp3) is 0.718. The average Bonchev–Trinajstić information content (AvgIpc) is 1.56. The molecule has 132 heavy (non-hydrogen) atoms. The number of rotatable bonds is 23. The maximum absolute atomic E-state index is 14.0. The Kier molecular flexibility index (Phi) is 28.3. The van der Waals surface area contributed by atoms with Crippen molar-refractivity contribution in [1.29, 1.82) is 0 Å². The minimum Gasteiger partial charge on any atom is -0.465 e. The molecule has 8 aliphatic carbocycles. The summed E-state index contributed by atoms with van der Waals surface area (Å²) in [4.78, 5) is 150. The van der Waals surface area contributed by atoms with Crippen molar-refractivity contribution in [1.82, 2.24) is 0 Å². The zero-order chi connectivity index (χ0) is 95.0. The van der Waals surface area contributed by atoms with Gasteiger partial charge in [-0.3, -0.25) is 57.5 Å². The first-order valence-corrected chi connectivity index (χ1v) is 43.2. The predicted molar refractivity (Wildman–Crippen MR) is 388 cm³/mol. The van der Waals surface area contributed by atoms with Crippen LogP contribution in [0.5, 0.6) is 11.5 Å². The third-order valence-electron chi connectivity index (χ3n) is 28.3. The molecule has 0 aromatic heterocycles. The molecule has 24 unspecified atom stereocenters. The lowest BCUT2D eigenvalue weighted by atomic mass is 9.78. The number of ether oxygens (including phenoxy) is 16. The molecule has 8 saturated heterocycles. The lowest BCUT2D eigenvalue weighted by Gasteiger charge is -2.32. The van der Waals surface area contributed by atoms with Crippen molar-refractivity contribution in [3.8, 4) is 11.5 Å². The van der Waals surface area contributed by atoms with E-state index in [0.717, 1.165) is 49.9 Å². The Balaban J connectivity index is 0.000000135. The topological polar surface area (TPSA) is 353 Å². The van der Waals surface area contributed by atoms with E-state index in [9.17, 15) is 141 Å². The largest absolute Gasteiger partial charge is 0.465 e. The number of esters is 12. The van der Waals surface area contributed by atoms with Gasteiger partial charge in [0, 0.05) is 132 Å². The summed E-state index contributed by atoms with van der Waals surface area (Å²) in [6, 6.07) is 3.78. The van der Waals surface area contributed by atoms with Crippen LogP contribution in [0.2, 0.25) is 0 Å². The molecule has 0 amide bonds. The fourth-order valence-corrected chi connectivity index (χ4v) is 22.5. The van der Waals surface area contributed by atoms with Crippen LogP contribution < -0.4 is 9.47 Å². The van der Waals surface area contributed by atoms with Gasteiger partial charge < -0.3 is 75.8 Å². The van der Waals surface area contributed by atoms with E-state index in [1.165, 1.54) is 0 Å². The molecule has 18 rings (SSSR count). The van der Waals surface area contributed by atoms with Gasteiger partial charge in [-0.2, -0.15) is 61.5 Å². The van der Waals surface area contributed by atoms with Crippen molar-refractivity contribution in [3.63, 3.8) is 0 Å². The Morgan fingerprint density at radius 2 is 0.652 bits per heavy atom. The van der Waals surface area contributed by atoms with Crippen LogP contribution in [0.1, 0.15) is 121 Å². The van der Waals surface area contributed by atoms with E-state index in [2.05, 4.69) is 9.47 Å². The van der Waals surface area contributed by atoms with Crippen LogP contribution in [0.25, 0.3) is 0 Å². The second-order valence-corrected chi connectivity index (χ2v) is 36.2. The van der Waals surface area contributed by atoms with Gasteiger partial charge in [0.15, 0.2) is 0 Å². The number of carbonyl (C=O) groups is 12. The van der Waals surface area contributed by atoms with Gasteiger partial charge in [-0.05, 0) is 125 Å². The molecular formula is C85H87F19O28. The predicted octanol–water partition coefficient (Wildman–Crippen LogP) is 11.6. The van der Waals surface area contributed by atoms with E-state index in [0.29, 0.717) is 91.4 Å². The molecule has 0 radical (unpaired) electrons. The quantitative estimate of drug-likeness (QED) is 0.0249. The Morgan fingerprint density at radius 1 is 0.364 bits per heavy atom. The first-order valence-electron chi connectivity index (χ1n) is 43.2. The Bertz CT molecular complexity index is 4650. The maximum atomic E-state index is 14.0. The molecule has 16 aliphatic rings. The summed E-state index contributed by atoms with van der Waals surface area (Å²) in [7, 11) is 0. The van der Waals surface area contributed by atoms with Crippen LogP contribution in [0, 0.1) is 147 Å². The first-order chi connectivity index (χ1) is 62.2. The molecule has 0 spiro atoms. The molecular weight excluding hydrogens is 1830 g/mol. The first kappa shape index (κ1) is 97.1. The number of hydrogen-bond acceptors (Lipinski definition) is 28. The molecule has 0 N–H and O–H groups in total. The molecule has 47 heteroatoms. The van der Waals surface area contributed by atoms with E-state index < -0.39 is 300 Å². The summed E-state index contributed by atoms with van der Waals surface area (Å²) >= 11 is 0. The van der Waals surface area contributed by atoms with Crippen LogP contribution in [0.15, 0.2) is 24.3 Å². The van der Waals surface area contributed by atoms with Crippen molar-refractivity contribution in [2.45, 2.75) is 201 Å². The van der Waals surface area contributed by atoms with Crippen molar-refractivity contribution < 1.29 is 217 Å². The Morgan fingerprint density at radius 3 is 0.947 bits per heavy atom. The van der Waals surface area contributed by atoms with Crippen LogP contribution in [-0.4, -0.2) is 210 Å². The normalized spacial score (nSPS) is 33.4. The molecule has 8 aliphatic heterocycles. The smallest absolute Gasteiger partial charge is 0.434 e. The molecule has 8 bridgehead atoms. The molecule has 728 valence electrons. The van der Waals surface area contributed by atoms with Gasteiger partial charge >= 0.3 is 96.3 Å². The van der Waals surface area contributed by atoms with Gasteiger partial charge in [0.25, 0.3) is 12.0 Å². The van der Waals surface area contributed by atoms with E-state index in [4.69, 9.17) is 66.3 Å². The Labute approximate surface area is 735 Å². The third kappa shape index (κ3) is 20.3. The lowest BCUT2D eigenvalue weighted by Crippen LogP contribution is -2.49. The highest BCUT2D eigenvalue weighted by Gasteiger charge is 2.75. The average molecular weight is 1920 g/mol. The van der Waals surface area contributed by atoms with Gasteiger partial charge in [0.1, 0.15) is 61.0 Å². The monoisotopic (exact) mass is 1920 g/mol. The Hall–Kier alpha value is -9.41. The van der Waals surface area contributed by atoms with E-state index in [-0.39, 0.29) is 79.8 Å². The summed E-state index contributed by atoms with van der Waals surface area (Å²) in [6.07, 6.45) is -28.4. The van der Waals surface area contributed by atoms with Crippen LogP contribution in [0.3, 0.4) is 0 Å². The second-order valence-electron chi connectivity index (χ2n) is 36.2. The van der Waals surface area contributed by atoms with Crippen LogP contribution in [-0.2, 0) is 130 Å². The molecule has 8 heterocycles. The van der Waals surface area contributed by atoms with E-state index in [1.54, 1.807) is 0 Å². The zero-order valence-corrected chi connectivity index (χ0v) is 69.3. The highest BCUT2D eigenvalue weighted by Crippen LogP contribution is 2.64. The van der Waals surface area contributed by atoms with Gasteiger partial charge in [-0.1, -0.05) is 0 Å². The zero-order valence-electron chi connectivity index (χ0n) is 69.3. The standard InChI is InChI=1S/C23H23F3O7.C22H19F5O7.C21H25F5O7.C19H20F6O7/c24-23(25,26)12-1-3-13(4-2-12)31-21(28)17-14-10-15-18(17)22(29)33-20(15)19(14)32-16(27)9-11-5-7-30-8-6-11;23-13-14(24)16(26)20(17(27)15(13)25)34-22(30)11-8-6-9-12(11)21(29)33-19(9)18(8)32-10(28)5-7-1-3-31-4-2-7;22-20(23,9-21(24,25)26)3-6-31-18(28)14-11-8-12-15(14)19(29)33-17(12)16(11)32-13(27)7-10-1-4-30-5-2-10;20-18(21,22)17(19(23,24)25)32-16(28)12-8-6-9-11(12)15(27)31-14(9)13(8)30-10(26)5-7-1-3-29-4-2-7/h1-4,11,14-15,17-20H,5-10H2;7-9,11-12,18-19H,1-6H2;10-12,14-17H,1-9H2;7-9,11-14,17H,1-6H2. The third-order valence-corrected chi connectivity index (χ3v) is 28.3. The van der Waals surface area contributed by atoms with Crippen molar-refractivity contribution in [2.24, 2.45) is 118 Å². The molecule has 16 fully saturated rings. The second kappa shape index (κ2) is 38.4. The van der Waals surface area contributed by atoms with Gasteiger partial charge in [0.2, 0.25) is 34.8 Å². The summed E-state index contributed by atoms with van der Waals surface area (Å²) in [6.45, 7) is 3.43. The number of alkyl halides is 14. The number of halogens is 19. The molecule has 2 aromatic carbocycles. The fourth-order valence-electron chi connectivity index (χ4n) is 22.5. The van der Waals surface area contributed by atoms with Crippen molar-refractivity contribution >= 4 is 71.6 Å². The lowest BCUT2D eigenvalue weighted by molar-refractivity contribution is -0.315. The van der Waals surface area contributed by atoms with Crippen molar-refractivity contribution in [3.05, 3.63) is 58.9 Å². The van der Waals surface area contributed by atoms with Crippen LogP contribution in [0.4, 0.5) is 83.4 Å². The number of hydrogen-bond donors (Lipinski definition) is 0. The minimum atomic E-state index is -5.88. The maximum Gasteiger partial charge on any atom is 0.434 e. The minimum absolute atomic E-state index is 0.00816. The summed E-state index contributed by atoms with van der Waals surface area (Å²) in [5, 5.41) is 0. The van der Waals surface area contributed by atoms with E-state index >= 15 is 0 Å². The SMILES string of the molecule is O=C(CC1CCOCC1)OC1C2CC3C1OC(=O)C3C2C(=O)OC(C(F)(F)F)C(F)(F)F.O=C(CC1CCOCC1)OC1C2CC3C1OC(=O)C3C2C(=O)OCCC(F)(F)CC(F)(F)F.O=C(CC1CCOCC1)OC1C2CC3C1OC(=O)C3C2C(=O)Oc1c(F)c(F)c(F)c(F)c1F.O=C(CC1CCOCC1)OC1C2CC3C1OC(=O)C3C2C(=O)Oc1ccc(C(F)(F)F)cc1.